The lowest BCUT2D eigenvalue weighted by atomic mass is 9.90. The quantitative estimate of drug-likeness (QED) is 0.596. The van der Waals surface area contributed by atoms with Gasteiger partial charge in [-0.05, 0) is 28.7 Å². The van der Waals surface area contributed by atoms with E-state index in [1.165, 1.54) is 7.11 Å². The van der Waals surface area contributed by atoms with Crippen molar-refractivity contribution in [3.8, 4) is 11.1 Å². The molecule has 0 radical (unpaired) electrons. The third-order valence-corrected chi connectivity index (χ3v) is 7.17. The number of nitrogens with zero attached hydrogens (tertiary/aromatic N) is 1. The number of likely N-dealkylation sites (tertiary alicyclic amines) is 1. The van der Waals surface area contributed by atoms with E-state index in [0.29, 0.717) is 12.8 Å². The van der Waals surface area contributed by atoms with Crippen molar-refractivity contribution in [3.05, 3.63) is 59.7 Å². The highest BCUT2D eigenvalue weighted by Gasteiger charge is 2.43. The van der Waals surface area contributed by atoms with Crippen LogP contribution in [0.5, 0.6) is 0 Å². The maximum atomic E-state index is 13.1. The Balaban J connectivity index is 1.38. The predicted molar refractivity (Wildman–Crippen MR) is 130 cm³/mol. The van der Waals surface area contributed by atoms with Crippen LogP contribution in [0.2, 0.25) is 0 Å². The number of piperidine rings is 1. The number of benzene rings is 2. The van der Waals surface area contributed by atoms with Crippen LogP contribution in [0.4, 0.5) is 4.79 Å². The summed E-state index contributed by atoms with van der Waals surface area (Å²) >= 11 is 0. The number of aliphatic carboxylic acids is 1. The zero-order valence-electron chi connectivity index (χ0n) is 20.2. The number of carboxylic acid groups (broad SMARTS) is 1. The van der Waals surface area contributed by atoms with Crippen molar-refractivity contribution < 1.29 is 29.0 Å². The molecule has 1 saturated heterocycles. The van der Waals surface area contributed by atoms with Crippen LogP contribution in [-0.4, -0.2) is 66.4 Å². The van der Waals surface area contributed by atoms with Crippen LogP contribution in [0.3, 0.4) is 0 Å². The van der Waals surface area contributed by atoms with E-state index in [0.717, 1.165) is 22.3 Å². The van der Waals surface area contributed by atoms with Gasteiger partial charge in [0.2, 0.25) is 5.91 Å². The Morgan fingerprint density at radius 2 is 1.63 bits per heavy atom. The molecular formula is C27H32N2O6. The number of carbonyl (C=O) groups excluding carboxylic acids is 2. The molecule has 2 N–H and O–H groups in total. The molecule has 2 aliphatic rings. The second-order valence-electron chi connectivity index (χ2n) is 9.14. The maximum absolute atomic E-state index is 13.1. The first-order valence-electron chi connectivity index (χ1n) is 12.1. The maximum Gasteiger partial charge on any atom is 0.407 e. The van der Waals surface area contributed by atoms with Crippen molar-refractivity contribution in [2.24, 2.45) is 0 Å². The molecule has 1 heterocycles. The molecule has 2 amide bonds. The second-order valence-corrected chi connectivity index (χ2v) is 9.14. The summed E-state index contributed by atoms with van der Waals surface area (Å²) < 4.78 is 10.9. The van der Waals surface area contributed by atoms with Gasteiger partial charge in [-0.1, -0.05) is 61.9 Å². The lowest BCUT2D eigenvalue weighted by molar-refractivity contribution is -0.170. The number of carboxylic acids is 1. The summed E-state index contributed by atoms with van der Waals surface area (Å²) in [6.45, 7) is 2.62. The van der Waals surface area contributed by atoms with E-state index >= 15 is 0 Å². The van der Waals surface area contributed by atoms with Crippen LogP contribution in [0.1, 0.15) is 49.7 Å². The van der Waals surface area contributed by atoms with Gasteiger partial charge in [0.25, 0.3) is 0 Å². The van der Waals surface area contributed by atoms with Crippen molar-refractivity contribution in [1.29, 1.82) is 0 Å². The minimum atomic E-state index is -1.27. The number of amides is 2. The number of alkyl carbamates (subject to hydrolysis) is 1. The normalized spacial score (nSPS) is 17.3. The Bertz CT molecular complexity index is 1050. The van der Waals surface area contributed by atoms with Gasteiger partial charge in [-0.15, -0.1) is 0 Å². The predicted octanol–water partition coefficient (Wildman–Crippen LogP) is 3.79. The molecule has 1 atom stereocenters. The Hall–Kier alpha value is -3.39. The average molecular weight is 481 g/mol. The Labute approximate surface area is 205 Å². The molecular weight excluding hydrogens is 448 g/mol. The monoisotopic (exact) mass is 480 g/mol. The van der Waals surface area contributed by atoms with Crippen molar-refractivity contribution in [2.45, 2.75) is 50.2 Å². The van der Waals surface area contributed by atoms with Crippen molar-refractivity contribution in [2.75, 3.05) is 26.8 Å². The number of carbonyl (C=O) groups is 3. The number of methoxy groups -OCH3 is 1. The molecule has 1 aliphatic heterocycles. The highest BCUT2D eigenvalue weighted by Crippen LogP contribution is 2.44. The number of ether oxygens (including phenoxy) is 2. The van der Waals surface area contributed by atoms with E-state index in [-0.39, 0.29) is 44.4 Å². The molecule has 1 aliphatic carbocycles. The number of nitrogens with one attached hydrogen (secondary N) is 1. The van der Waals surface area contributed by atoms with E-state index in [1.54, 1.807) is 4.90 Å². The molecule has 8 heteroatoms. The van der Waals surface area contributed by atoms with Crippen LogP contribution in [-0.2, 0) is 19.1 Å². The first-order chi connectivity index (χ1) is 16.9. The van der Waals surface area contributed by atoms with Crippen molar-refractivity contribution in [1.82, 2.24) is 10.2 Å². The Morgan fingerprint density at radius 1 is 1.06 bits per heavy atom. The number of hydrogen-bond donors (Lipinski definition) is 2. The first-order valence-corrected chi connectivity index (χ1v) is 12.1. The smallest absolute Gasteiger partial charge is 0.407 e. The van der Waals surface area contributed by atoms with E-state index in [1.807, 2.05) is 31.2 Å². The fourth-order valence-corrected chi connectivity index (χ4v) is 5.14. The van der Waals surface area contributed by atoms with Crippen LogP contribution < -0.4 is 5.32 Å². The molecule has 0 saturated carbocycles. The lowest BCUT2D eigenvalue weighted by Gasteiger charge is -2.39. The summed E-state index contributed by atoms with van der Waals surface area (Å²) in [4.78, 5) is 39.1. The van der Waals surface area contributed by atoms with E-state index in [4.69, 9.17) is 9.47 Å². The summed E-state index contributed by atoms with van der Waals surface area (Å²) in [5, 5.41) is 12.2. The second kappa shape index (κ2) is 10.5. The standard InChI is InChI=1S/C27H32N2O6/c1-3-8-23(24(30)29-15-13-27(34-2,14-16-29)25(31)32)28-26(33)35-17-22-20-11-6-4-9-18(20)19-10-5-7-12-21(19)22/h4-7,9-12,22-23H,3,8,13-17H2,1-2H3,(H,28,33)(H,31,32)/t23-/m0/s1. The van der Waals surface area contributed by atoms with Gasteiger partial charge in [0.05, 0.1) is 0 Å². The van der Waals surface area contributed by atoms with E-state index < -0.39 is 23.7 Å². The van der Waals surface area contributed by atoms with Gasteiger partial charge >= 0.3 is 12.1 Å². The minimum Gasteiger partial charge on any atom is -0.479 e. The van der Waals surface area contributed by atoms with Gasteiger partial charge in [0, 0.05) is 39.0 Å². The largest absolute Gasteiger partial charge is 0.479 e. The van der Waals surface area contributed by atoms with Crippen LogP contribution in [0.25, 0.3) is 11.1 Å². The Morgan fingerprint density at radius 3 is 2.14 bits per heavy atom. The molecule has 186 valence electrons. The number of fused-ring (bicyclic) bond motifs is 3. The zero-order valence-corrected chi connectivity index (χ0v) is 20.2. The SMILES string of the molecule is CCC[C@H](NC(=O)OCC1c2ccccc2-c2ccccc21)C(=O)N1CCC(OC)(C(=O)O)CC1. The fourth-order valence-electron chi connectivity index (χ4n) is 5.14. The number of hydrogen-bond acceptors (Lipinski definition) is 5. The first kappa shape index (κ1) is 24.7. The minimum absolute atomic E-state index is 0.0613. The molecule has 0 aromatic heterocycles. The number of rotatable bonds is 8. The van der Waals surface area contributed by atoms with Gasteiger partial charge in [-0.25, -0.2) is 9.59 Å². The molecule has 0 spiro atoms. The van der Waals surface area contributed by atoms with Gasteiger partial charge in [0.1, 0.15) is 12.6 Å². The molecule has 35 heavy (non-hydrogen) atoms. The fraction of sp³-hybridized carbons (Fsp3) is 0.444. The molecule has 0 bridgehead atoms. The van der Waals surface area contributed by atoms with Gasteiger partial charge < -0.3 is 24.8 Å². The third kappa shape index (κ3) is 4.89. The van der Waals surface area contributed by atoms with Gasteiger partial charge in [-0.3, -0.25) is 4.79 Å². The molecule has 1 fully saturated rings. The highest BCUT2D eigenvalue weighted by molar-refractivity contribution is 5.86. The van der Waals surface area contributed by atoms with Gasteiger partial charge in [0.15, 0.2) is 5.60 Å². The highest BCUT2D eigenvalue weighted by atomic mass is 16.5. The molecule has 4 rings (SSSR count). The molecule has 2 aromatic carbocycles. The van der Waals surface area contributed by atoms with Crippen molar-refractivity contribution >= 4 is 18.0 Å². The average Bonchev–Trinajstić information content (AvgIpc) is 3.20. The lowest BCUT2D eigenvalue weighted by Crippen LogP contribution is -2.56. The summed E-state index contributed by atoms with van der Waals surface area (Å²) in [6.07, 6.45) is 0.939. The van der Waals surface area contributed by atoms with E-state index in [9.17, 15) is 19.5 Å². The van der Waals surface area contributed by atoms with Crippen LogP contribution >= 0.6 is 0 Å². The summed E-state index contributed by atoms with van der Waals surface area (Å²) in [5.41, 5.74) is 3.27. The molecule has 0 unspecified atom stereocenters. The van der Waals surface area contributed by atoms with Crippen molar-refractivity contribution in [3.63, 3.8) is 0 Å². The Kier molecular flexibility index (Phi) is 7.40. The molecule has 8 nitrogen and oxygen atoms in total. The molecule has 2 aromatic rings. The summed E-state index contributed by atoms with van der Waals surface area (Å²) in [6, 6.07) is 15.5. The topological polar surface area (TPSA) is 105 Å². The van der Waals surface area contributed by atoms with E-state index in [2.05, 4.69) is 29.6 Å². The third-order valence-electron chi connectivity index (χ3n) is 7.17. The summed E-state index contributed by atoms with van der Waals surface area (Å²) in [7, 11) is 1.38. The zero-order chi connectivity index (χ0) is 25.0. The van der Waals surface area contributed by atoms with Crippen LogP contribution in [0.15, 0.2) is 48.5 Å². The summed E-state index contributed by atoms with van der Waals surface area (Å²) in [5.74, 6) is -1.31. The van der Waals surface area contributed by atoms with Crippen LogP contribution in [0, 0.1) is 0 Å². The van der Waals surface area contributed by atoms with Gasteiger partial charge in [-0.2, -0.15) is 0 Å².